The van der Waals surface area contributed by atoms with Gasteiger partial charge in [-0.3, -0.25) is 0 Å². The van der Waals surface area contributed by atoms with E-state index in [1.165, 1.54) is 5.01 Å². The molecule has 0 radical (unpaired) electrons. The Morgan fingerprint density at radius 3 is 3.10 bits per heavy atom. The van der Waals surface area contributed by atoms with Crippen molar-refractivity contribution in [3.8, 4) is 0 Å². The van der Waals surface area contributed by atoms with Gasteiger partial charge in [0, 0.05) is 23.2 Å². The highest BCUT2D eigenvalue weighted by Crippen LogP contribution is 2.34. The zero-order valence-corrected chi connectivity index (χ0v) is 12.6. The first kappa shape index (κ1) is 13.6. The molecule has 20 heavy (non-hydrogen) atoms. The maximum Gasteiger partial charge on any atom is 0.0928 e. The number of aliphatic hydroxyl groups excluding tert-OH is 1. The highest BCUT2D eigenvalue weighted by molar-refractivity contribution is 7.09. The third kappa shape index (κ3) is 2.72. The Kier molecular flexibility index (Phi) is 4.03. The number of hydrogen-bond acceptors (Lipinski definition) is 4. The number of fused-ring (bicyclic) bond motifs is 1. The number of nitrogens with zero attached hydrogens (tertiary/aromatic N) is 2. The van der Waals surface area contributed by atoms with Gasteiger partial charge in [0.25, 0.3) is 0 Å². The monoisotopic (exact) mass is 288 g/mol. The van der Waals surface area contributed by atoms with Crippen LogP contribution in [0.25, 0.3) is 0 Å². The van der Waals surface area contributed by atoms with E-state index >= 15 is 0 Å². The van der Waals surface area contributed by atoms with Crippen LogP contribution in [-0.4, -0.2) is 16.6 Å². The molecule has 106 valence electrons. The van der Waals surface area contributed by atoms with Crippen LogP contribution in [0.1, 0.15) is 42.1 Å². The number of aliphatic hydroxyl groups is 1. The molecule has 3 nitrogen and oxygen atoms in total. The van der Waals surface area contributed by atoms with Crippen molar-refractivity contribution in [2.45, 2.75) is 38.8 Å². The fourth-order valence-corrected chi connectivity index (χ4v) is 3.61. The number of benzene rings is 1. The molecule has 3 rings (SSSR count). The van der Waals surface area contributed by atoms with Crippen molar-refractivity contribution in [1.82, 2.24) is 4.98 Å². The molecule has 1 aliphatic heterocycles. The fraction of sp³-hybridized carbons (Fsp3) is 0.438. The molecule has 0 fully saturated rings. The number of thiazole rings is 1. The first-order valence-corrected chi connectivity index (χ1v) is 8.11. The lowest BCUT2D eigenvalue weighted by Gasteiger charge is -2.33. The molecular formula is C16H20N2OS. The van der Waals surface area contributed by atoms with E-state index in [2.05, 4.69) is 23.3 Å². The van der Waals surface area contributed by atoms with Gasteiger partial charge in [-0.15, -0.1) is 11.3 Å². The largest absolute Gasteiger partial charge is 0.388 e. The van der Waals surface area contributed by atoms with Gasteiger partial charge in [-0.05, 0) is 25.3 Å². The standard InChI is InChI=1S/C16H20N2OS/c1-2-5-16-17-12(11-20-16)10-18-9-8-15(19)13-6-3-4-7-14(13)18/h3-4,6-7,11,15,19H,2,5,8-10H2,1H3. The molecule has 2 aromatic rings. The predicted molar refractivity (Wildman–Crippen MR) is 83.2 cm³/mol. The summed E-state index contributed by atoms with van der Waals surface area (Å²) in [6.07, 6.45) is 2.68. The second kappa shape index (κ2) is 5.94. The Morgan fingerprint density at radius 1 is 1.40 bits per heavy atom. The average molecular weight is 288 g/mol. The summed E-state index contributed by atoms with van der Waals surface area (Å²) in [5, 5.41) is 13.5. The van der Waals surface area contributed by atoms with Gasteiger partial charge in [-0.2, -0.15) is 0 Å². The molecule has 0 bridgehead atoms. The number of rotatable bonds is 4. The van der Waals surface area contributed by atoms with Crippen LogP contribution in [0.15, 0.2) is 29.6 Å². The summed E-state index contributed by atoms with van der Waals surface area (Å²) in [5.41, 5.74) is 3.34. The van der Waals surface area contributed by atoms with Crippen molar-refractivity contribution in [3.63, 3.8) is 0 Å². The minimum absolute atomic E-state index is 0.325. The van der Waals surface area contributed by atoms with Crippen molar-refractivity contribution >= 4 is 17.0 Å². The van der Waals surface area contributed by atoms with Crippen molar-refractivity contribution < 1.29 is 5.11 Å². The molecule has 1 aromatic carbocycles. The Labute approximate surface area is 123 Å². The second-order valence-corrected chi connectivity index (χ2v) is 6.21. The summed E-state index contributed by atoms with van der Waals surface area (Å²) in [4.78, 5) is 7.03. The van der Waals surface area contributed by atoms with Gasteiger partial charge in [0.2, 0.25) is 0 Å². The summed E-state index contributed by atoms with van der Waals surface area (Å²) in [7, 11) is 0. The molecule has 2 heterocycles. The van der Waals surface area contributed by atoms with Gasteiger partial charge in [-0.25, -0.2) is 4.98 Å². The summed E-state index contributed by atoms with van der Waals surface area (Å²) in [6.45, 7) is 3.91. The number of para-hydroxylation sites is 1. The van der Waals surface area contributed by atoms with Crippen LogP contribution in [0.3, 0.4) is 0 Å². The number of anilines is 1. The highest BCUT2D eigenvalue weighted by Gasteiger charge is 2.23. The van der Waals surface area contributed by atoms with Crippen LogP contribution in [0.5, 0.6) is 0 Å². The van der Waals surface area contributed by atoms with Gasteiger partial charge in [0.1, 0.15) is 0 Å². The SMILES string of the molecule is CCCc1nc(CN2CCC(O)c3ccccc32)cs1. The smallest absolute Gasteiger partial charge is 0.0928 e. The molecular weight excluding hydrogens is 268 g/mol. The molecule has 1 atom stereocenters. The maximum atomic E-state index is 10.1. The predicted octanol–water partition coefficient (Wildman–Crippen LogP) is 3.54. The Hall–Kier alpha value is -1.39. The zero-order valence-electron chi connectivity index (χ0n) is 11.7. The molecule has 0 aliphatic carbocycles. The van der Waals surface area contributed by atoms with Crippen molar-refractivity contribution in [2.24, 2.45) is 0 Å². The first-order chi connectivity index (χ1) is 9.78. The lowest BCUT2D eigenvalue weighted by molar-refractivity contribution is 0.164. The molecule has 0 amide bonds. The van der Waals surface area contributed by atoms with E-state index in [1.54, 1.807) is 11.3 Å². The van der Waals surface area contributed by atoms with Crippen LogP contribution < -0.4 is 4.90 Å². The second-order valence-electron chi connectivity index (χ2n) is 5.27. The van der Waals surface area contributed by atoms with E-state index in [0.29, 0.717) is 0 Å². The third-order valence-electron chi connectivity index (χ3n) is 3.72. The van der Waals surface area contributed by atoms with Crippen molar-refractivity contribution in [1.29, 1.82) is 0 Å². The van der Waals surface area contributed by atoms with Gasteiger partial charge in [-0.1, -0.05) is 25.1 Å². The van der Waals surface area contributed by atoms with Crippen molar-refractivity contribution in [3.05, 3.63) is 45.9 Å². The Morgan fingerprint density at radius 2 is 2.25 bits per heavy atom. The molecule has 0 spiro atoms. The Balaban J connectivity index is 1.79. The fourth-order valence-electron chi connectivity index (χ4n) is 2.72. The van der Waals surface area contributed by atoms with E-state index in [9.17, 15) is 5.11 Å². The van der Waals surface area contributed by atoms with Crippen LogP contribution in [0, 0.1) is 0 Å². The molecule has 4 heteroatoms. The Bertz CT molecular complexity index is 581. The lowest BCUT2D eigenvalue weighted by Crippen LogP contribution is -2.30. The molecule has 1 unspecified atom stereocenters. The van der Waals surface area contributed by atoms with Crippen LogP contribution in [0.4, 0.5) is 5.69 Å². The van der Waals surface area contributed by atoms with Gasteiger partial charge < -0.3 is 10.0 Å². The molecule has 0 saturated heterocycles. The minimum Gasteiger partial charge on any atom is -0.388 e. The minimum atomic E-state index is -0.325. The summed E-state index contributed by atoms with van der Waals surface area (Å²) in [6, 6.07) is 8.15. The molecule has 1 aromatic heterocycles. The summed E-state index contributed by atoms with van der Waals surface area (Å²) in [5.74, 6) is 0. The third-order valence-corrected chi connectivity index (χ3v) is 4.68. The van der Waals surface area contributed by atoms with E-state index < -0.39 is 0 Å². The van der Waals surface area contributed by atoms with Crippen molar-refractivity contribution in [2.75, 3.05) is 11.4 Å². The molecule has 1 N–H and O–H groups in total. The normalized spacial score (nSPS) is 18.1. The van der Waals surface area contributed by atoms with E-state index in [4.69, 9.17) is 4.98 Å². The average Bonchev–Trinajstić information content (AvgIpc) is 2.90. The lowest BCUT2D eigenvalue weighted by atomic mass is 9.99. The highest BCUT2D eigenvalue weighted by atomic mass is 32.1. The maximum absolute atomic E-state index is 10.1. The van der Waals surface area contributed by atoms with Crippen LogP contribution in [-0.2, 0) is 13.0 Å². The summed E-state index contributed by atoms with van der Waals surface area (Å²) < 4.78 is 0. The topological polar surface area (TPSA) is 36.4 Å². The van der Waals surface area contributed by atoms with E-state index in [0.717, 1.165) is 49.3 Å². The number of aromatic nitrogens is 1. The van der Waals surface area contributed by atoms with Gasteiger partial charge >= 0.3 is 0 Å². The summed E-state index contributed by atoms with van der Waals surface area (Å²) >= 11 is 1.76. The zero-order chi connectivity index (χ0) is 13.9. The number of hydrogen-bond donors (Lipinski definition) is 1. The van der Waals surface area contributed by atoms with Crippen LogP contribution >= 0.6 is 11.3 Å². The number of aryl methyl sites for hydroxylation is 1. The first-order valence-electron chi connectivity index (χ1n) is 7.23. The molecule has 0 saturated carbocycles. The quantitative estimate of drug-likeness (QED) is 0.935. The van der Waals surface area contributed by atoms with Gasteiger partial charge in [0.05, 0.1) is 23.4 Å². The molecule has 1 aliphatic rings. The van der Waals surface area contributed by atoms with Crippen LogP contribution in [0.2, 0.25) is 0 Å². The van der Waals surface area contributed by atoms with E-state index in [-0.39, 0.29) is 6.10 Å². The van der Waals surface area contributed by atoms with Gasteiger partial charge in [0.15, 0.2) is 0 Å². The van der Waals surface area contributed by atoms with E-state index in [1.807, 2.05) is 18.2 Å².